The minimum Gasteiger partial charge on any atom is -0.473 e. The highest BCUT2D eigenvalue weighted by molar-refractivity contribution is 6.15. The van der Waals surface area contributed by atoms with Crippen molar-refractivity contribution in [3.05, 3.63) is 88.9 Å². The predicted octanol–water partition coefficient (Wildman–Crippen LogP) is 4.33. The van der Waals surface area contributed by atoms with E-state index in [1.807, 2.05) is 0 Å². The Morgan fingerprint density at radius 3 is 2.66 bits per heavy atom. The van der Waals surface area contributed by atoms with E-state index in [-0.39, 0.29) is 18.3 Å². The fourth-order valence-electron chi connectivity index (χ4n) is 3.42. The van der Waals surface area contributed by atoms with E-state index in [1.165, 1.54) is 6.07 Å². The number of anilines is 1. The fraction of sp³-hybridized carbons (Fsp3) is 0.0909. The van der Waals surface area contributed by atoms with Crippen molar-refractivity contribution in [2.45, 2.75) is 6.54 Å². The summed E-state index contributed by atoms with van der Waals surface area (Å²) in [5.41, 5.74) is 2.40. The van der Waals surface area contributed by atoms with Crippen molar-refractivity contribution in [2.24, 2.45) is 0 Å². The highest BCUT2D eigenvalue weighted by Crippen LogP contribution is 2.42. The summed E-state index contributed by atoms with van der Waals surface area (Å²) < 4.78 is 38.6. The fourth-order valence-corrected chi connectivity index (χ4v) is 3.42. The second-order valence-electron chi connectivity index (χ2n) is 6.71. The topological polar surface area (TPSA) is 51.7 Å². The zero-order chi connectivity index (χ0) is 20.0. The van der Waals surface area contributed by atoms with Gasteiger partial charge < -0.3 is 14.4 Å². The molecule has 1 aromatic heterocycles. The number of ether oxygens (including phenoxy) is 2. The van der Waals surface area contributed by atoms with Crippen LogP contribution >= 0.6 is 0 Å². The number of nitrogens with zero attached hydrogens (tertiary/aromatic N) is 2. The van der Waals surface area contributed by atoms with Crippen molar-refractivity contribution in [3.63, 3.8) is 0 Å². The molecule has 0 N–H and O–H groups in total. The largest absolute Gasteiger partial charge is 0.473 e. The minimum atomic E-state index is -0.930. The average Bonchev–Trinajstić information content (AvgIpc) is 3.06. The van der Waals surface area contributed by atoms with Crippen LogP contribution in [0.1, 0.15) is 21.5 Å². The third kappa shape index (κ3) is 3.00. The van der Waals surface area contributed by atoms with E-state index in [0.29, 0.717) is 34.9 Å². The molecule has 0 bridgehead atoms. The van der Waals surface area contributed by atoms with Crippen molar-refractivity contribution >= 4 is 17.5 Å². The van der Waals surface area contributed by atoms with Crippen LogP contribution in [0.15, 0.2) is 60.6 Å². The number of pyridine rings is 1. The number of rotatable bonds is 2. The summed E-state index contributed by atoms with van der Waals surface area (Å²) in [5, 5.41) is 0. The summed E-state index contributed by atoms with van der Waals surface area (Å²) in [6.45, 7) is 0.504. The molecule has 3 aromatic rings. The van der Waals surface area contributed by atoms with Crippen LogP contribution in [-0.4, -0.2) is 17.5 Å². The van der Waals surface area contributed by atoms with Crippen molar-refractivity contribution < 1.29 is 23.0 Å². The third-order valence-corrected chi connectivity index (χ3v) is 4.90. The van der Waals surface area contributed by atoms with Gasteiger partial charge in [0, 0.05) is 24.1 Å². The van der Waals surface area contributed by atoms with E-state index in [9.17, 15) is 13.6 Å². The predicted molar refractivity (Wildman–Crippen MR) is 102 cm³/mol. The number of benzene rings is 2. The van der Waals surface area contributed by atoms with E-state index in [4.69, 9.17) is 9.47 Å². The maximum absolute atomic E-state index is 13.6. The van der Waals surface area contributed by atoms with E-state index < -0.39 is 11.6 Å². The molecule has 2 aliphatic rings. The second-order valence-corrected chi connectivity index (χ2v) is 6.71. The SMILES string of the molecule is O=C1/C(=C/c2ccncc2)Oc2c1ccc1c2CN(c2ccc(F)c(F)c2)CO1. The van der Waals surface area contributed by atoms with Gasteiger partial charge in [-0.15, -0.1) is 0 Å². The molecule has 3 heterocycles. The lowest BCUT2D eigenvalue weighted by atomic mass is 10.0. The molecule has 7 heteroatoms. The number of hydrogen-bond donors (Lipinski definition) is 0. The maximum atomic E-state index is 13.6. The zero-order valence-corrected chi connectivity index (χ0v) is 15.1. The standard InChI is InChI=1S/C22H14F2N2O3/c23-17-3-1-14(10-18(17)24)26-11-16-19(28-12-26)4-2-15-21(27)20(29-22(15)16)9-13-5-7-25-8-6-13/h1-10H,11-12H2/b20-9-. The van der Waals surface area contributed by atoms with Gasteiger partial charge in [0.25, 0.3) is 0 Å². The van der Waals surface area contributed by atoms with E-state index in [1.54, 1.807) is 47.6 Å². The molecule has 5 rings (SSSR count). The Bertz CT molecular complexity index is 1160. The van der Waals surface area contributed by atoms with Crippen LogP contribution in [0.3, 0.4) is 0 Å². The van der Waals surface area contributed by atoms with Gasteiger partial charge in [-0.1, -0.05) is 0 Å². The summed E-state index contributed by atoms with van der Waals surface area (Å²) in [6, 6.07) is 10.6. The number of hydrogen-bond acceptors (Lipinski definition) is 5. The van der Waals surface area contributed by atoms with Crippen LogP contribution in [-0.2, 0) is 6.54 Å². The number of ketones is 1. The second kappa shape index (κ2) is 6.70. The Kier molecular flexibility index (Phi) is 4.01. The van der Waals surface area contributed by atoms with Gasteiger partial charge in [0.2, 0.25) is 5.78 Å². The maximum Gasteiger partial charge on any atom is 0.231 e. The van der Waals surface area contributed by atoms with Crippen LogP contribution in [0, 0.1) is 11.6 Å². The Balaban J connectivity index is 1.49. The first-order valence-corrected chi connectivity index (χ1v) is 8.93. The first-order chi connectivity index (χ1) is 14.1. The van der Waals surface area contributed by atoms with Crippen molar-refractivity contribution in [1.29, 1.82) is 0 Å². The molecule has 0 aliphatic carbocycles. The Morgan fingerprint density at radius 2 is 1.86 bits per heavy atom. The molecule has 0 atom stereocenters. The summed E-state index contributed by atoms with van der Waals surface area (Å²) in [4.78, 5) is 18.5. The highest BCUT2D eigenvalue weighted by atomic mass is 19.2. The molecule has 0 amide bonds. The minimum absolute atomic E-state index is 0.171. The Morgan fingerprint density at radius 1 is 1.03 bits per heavy atom. The lowest BCUT2D eigenvalue weighted by Crippen LogP contribution is -2.32. The molecule has 2 aromatic carbocycles. The molecule has 29 heavy (non-hydrogen) atoms. The van der Waals surface area contributed by atoms with Crippen LogP contribution in [0.4, 0.5) is 14.5 Å². The molecule has 0 radical (unpaired) electrons. The lowest BCUT2D eigenvalue weighted by molar-refractivity contribution is 0.101. The first-order valence-electron chi connectivity index (χ1n) is 8.93. The average molecular weight is 392 g/mol. The van der Waals surface area contributed by atoms with Crippen molar-refractivity contribution in [1.82, 2.24) is 4.98 Å². The number of carbonyl (C=O) groups is 1. The van der Waals surface area contributed by atoms with E-state index in [2.05, 4.69) is 4.98 Å². The molecular weight excluding hydrogens is 378 g/mol. The number of halogens is 2. The molecule has 144 valence electrons. The van der Waals surface area contributed by atoms with Gasteiger partial charge in [-0.25, -0.2) is 8.78 Å². The first kappa shape index (κ1) is 17.4. The Hall–Kier alpha value is -3.74. The number of allylic oxidation sites excluding steroid dienone is 1. The van der Waals surface area contributed by atoms with Crippen LogP contribution in [0.2, 0.25) is 0 Å². The number of fused-ring (bicyclic) bond motifs is 3. The van der Waals surface area contributed by atoms with E-state index in [0.717, 1.165) is 17.7 Å². The van der Waals surface area contributed by atoms with Crippen molar-refractivity contribution in [3.8, 4) is 11.5 Å². The monoisotopic (exact) mass is 392 g/mol. The van der Waals surface area contributed by atoms with Gasteiger partial charge in [0.1, 0.15) is 11.5 Å². The van der Waals surface area contributed by atoms with Gasteiger partial charge in [0.05, 0.1) is 17.7 Å². The number of Topliss-reactive ketones (excluding diaryl/α,β-unsaturated/α-hetero) is 1. The molecule has 0 saturated carbocycles. The van der Waals surface area contributed by atoms with Crippen LogP contribution in [0.5, 0.6) is 11.5 Å². The van der Waals surface area contributed by atoms with Gasteiger partial charge in [-0.2, -0.15) is 0 Å². The summed E-state index contributed by atoms with van der Waals surface area (Å²) in [7, 11) is 0. The molecule has 5 nitrogen and oxygen atoms in total. The van der Waals surface area contributed by atoms with Gasteiger partial charge in [-0.05, 0) is 48.0 Å². The van der Waals surface area contributed by atoms with Crippen LogP contribution in [0.25, 0.3) is 6.08 Å². The van der Waals surface area contributed by atoms with Gasteiger partial charge >= 0.3 is 0 Å². The third-order valence-electron chi connectivity index (χ3n) is 4.90. The summed E-state index contributed by atoms with van der Waals surface area (Å²) in [6.07, 6.45) is 4.93. The Labute approximate surface area is 164 Å². The highest BCUT2D eigenvalue weighted by Gasteiger charge is 2.33. The van der Waals surface area contributed by atoms with E-state index >= 15 is 0 Å². The van der Waals surface area contributed by atoms with Crippen molar-refractivity contribution in [2.75, 3.05) is 11.6 Å². The number of aromatic nitrogens is 1. The zero-order valence-electron chi connectivity index (χ0n) is 15.1. The molecule has 2 aliphatic heterocycles. The molecule has 0 saturated heterocycles. The summed E-state index contributed by atoms with van der Waals surface area (Å²) in [5.74, 6) is -0.817. The van der Waals surface area contributed by atoms with Gasteiger partial charge in [0.15, 0.2) is 24.1 Å². The molecule has 0 fully saturated rings. The number of carbonyl (C=O) groups excluding carboxylic acids is 1. The summed E-state index contributed by atoms with van der Waals surface area (Å²) >= 11 is 0. The van der Waals surface area contributed by atoms with Crippen LogP contribution < -0.4 is 14.4 Å². The smallest absolute Gasteiger partial charge is 0.231 e. The molecular formula is C22H14F2N2O3. The molecule has 0 spiro atoms. The quantitative estimate of drug-likeness (QED) is 0.608. The normalized spacial score (nSPS) is 16.3. The van der Waals surface area contributed by atoms with Gasteiger partial charge in [-0.3, -0.25) is 9.78 Å². The molecule has 0 unspecified atom stereocenters. The lowest BCUT2D eigenvalue weighted by Gasteiger charge is -2.31.